The lowest BCUT2D eigenvalue weighted by Crippen LogP contribution is -2.39. The van der Waals surface area contributed by atoms with E-state index in [4.69, 9.17) is 5.84 Å². The molecular formula is C15H24N4. The molecule has 4 heteroatoms. The van der Waals surface area contributed by atoms with E-state index < -0.39 is 0 Å². The lowest BCUT2D eigenvalue weighted by Gasteiger charge is -2.20. The van der Waals surface area contributed by atoms with E-state index >= 15 is 0 Å². The SMILES string of the molecule is CCCC(C)CC(Cn1cnc2ccccc21)NN. The van der Waals surface area contributed by atoms with Crippen LogP contribution in [0, 0.1) is 5.92 Å². The molecule has 2 rings (SSSR count). The quantitative estimate of drug-likeness (QED) is 0.594. The third kappa shape index (κ3) is 3.55. The van der Waals surface area contributed by atoms with Gasteiger partial charge >= 0.3 is 0 Å². The summed E-state index contributed by atoms with van der Waals surface area (Å²) in [5.74, 6) is 6.39. The first-order valence-electron chi connectivity index (χ1n) is 7.10. The van der Waals surface area contributed by atoms with Crippen molar-refractivity contribution in [2.24, 2.45) is 11.8 Å². The maximum atomic E-state index is 5.69. The zero-order chi connectivity index (χ0) is 13.7. The molecule has 19 heavy (non-hydrogen) atoms. The van der Waals surface area contributed by atoms with Gasteiger partial charge < -0.3 is 4.57 Å². The Morgan fingerprint density at radius 3 is 2.89 bits per heavy atom. The van der Waals surface area contributed by atoms with Gasteiger partial charge in [-0.25, -0.2) is 4.98 Å². The Labute approximate surface area is 115 Å². The van der Waals surface area contributed by atoms with Crippen LogP contribution in [0.3, 0.4) is 0 Å². The van der Waals surface area contributed by atoms with Crippen molar-refractivity contribution < 1.29 is 0 Å². The number of hydrazine groups is 1. The largest absolute Gasteiger partial charge is 0.329 e. The van der Waals surface area contributed by atoms with E-state index in [1.807, 2.05) is 24.5 Å². The molecule has 2 atom stereocenters. The minimum atomic E-state index is 0.291. The van der Waals surface area contributed by atoms with E-state index in [0.29, 0.717) is 12.0 Å². The summed E-state index contributed by atoms with van der Waals surface area (Å²) in [6.45, 7) is 5.38. The Hall–Kier alpha value is -1.39. The third-order valence-corrected chi connectivity index (χ3v) is 3.65. The molecule has 2 aromatic rings. The number of imidazole rings is 1. The highest BCUT2D eigenvalue weighted by atomic mass is 15.2. The maximum absolute atomic E-state index is 5.69. The Morgan fingerprint density at radius 1 is 1.37 bits per heavy atom. The molecule has 0 aliphatic carbocycles. The number of fused-ring (bicyclic) bond motifs is 1. The topological polar surface area (TPSA) is 55.9 Å². The normalized spacial score (nSPS) is 14.7. The van der Waals surface area contributed by atoms with E-state index in [1.165, 1.54) is 18.4 Å². The number of nitrogens with two attached hydrogens (primary N) is 1. The summed E-state index contributed by atoms with van der Waals surface area (Å²) in [4.78, 5) is 4.42. The van der Waals surface area contributed by atoms with Crippen molar-refractivity contribution >= 4 is 11.0 Å². The van der Waals surface area contributed by atoms with Gasteiger partial charge in [-0.1, -0.05) is 38.8 Å². The predicted molar refractivity (Wildman–Crippen MR) is 79.5 cm³/mol. The first-order valence-corrected chi connectivity index (χ1v) is 7.10. The second kappa shape index (κ2) is 6.68. The van der Waals surface area contributed by atoms with Crippen LogP contribution in [0.4, 0.5) is 0 Å². The molecule has 0 amide bonds. The van der Waals surface area contributed by atoms with Crippen molar-refractivity contribution in [3.05, 3.63) is 30.6 Å². The van der Waals surface area contributed by atoms with Gasteiger partial charge in [-0.05, 0) is 24.5 Å². The van der Waals surface area contributed by atoms with Crippen molar-refractivity contribution in [2.45, 2.75) is 45.7 Å². The number of aromatic nitrogens is 2. The molecule has 0 fully saturated rings. The second-order valence-corrected chi connectivity index (χ2v) is 5.38. The fourth-order valence-corrected chi connectivity index (χ4v) is 2.68. The van der Waals surface area contributed by atoms with E-state index in [1.54, 1.807) is 0 Å². The van der Waals surface area contributed by atoms with Gasteiger partial charge in [0.05, 0.1) is 17.4 Å². The van der Waals surface area contributed by atoms with Gasteiger partial charge in [0, 0.05) is 12.6 Å². The average Bonchev–Trinajstić information content (AvgIpc) is 2.82. The van der Waals surface area contributed by atoms with Crippen LogP contribution >= 0.6 is 0 Å². The molecular weight excluding hydrogens is 236 g/mol. The molecule has 2 unspecified atom stereocenters. The number of hydrogen-bond donors (Lipinski definition) is 2. The Bertz CT molecular complexity index is 506. The van der Waals surface area contributed by atoms with Crippen molar-refractivity contribution in [1.29, 1.82) is 0 Å². The summed E-state index contributed by atoms with van der Waals surface area (Å²) in [5, 5.41) is 0. The van der Waals surface area contributed by atoms with Crippen molar-refractivity contribution in [3.63, 3.8) is 0 Å². The molecule has 0 aliphatic heterocycles. The molecule has 0 bridgehead atoms. The van der Waals surface area contributed by atoms with E-state index in [2.05, 4.69) is 34.9 Å². The van der Waals surface area contributed by atoms with Crippen LogP contribution in [-0.4, -0.2) is 15.6 Å². The summed E-state index contributed by atoms with van der Waals surface area (Å²) >= 11 is 0. The number of nitrogens with one attached hydrogen (secondary N) is 1. The number of benzene rings is 1. The van der Waals surface area contributed by atoms with Crippen LogP contribution in [-0.2, 0) is 6.54 Å². The van der Waals surface area contributed by atoms with E-state index in [9.17, 15) is 0 Å². The van der Waals surface area contributed by atoms with Crippen LogP contribution in [0.25, 0.3) is 11.0 Å². The molecule has 0 saturated carbocycles. The molecule has 0 radical (unpaired) electrons. The van der Waals surface area contributed by atoms with Gasteiger partial charge in [0.25, 0.3) is 0 Å². The van der Waals surface area contributed by atoms with Crippen LogP contribution in [0.2, 0.25) is 0 Å². The maximum Gasteiger partial charge on any atom is 0.0958 e. The summed E-state index contributed by atoms with van der Waals surface area (Å²) in [6.07, 6.45) is 5.48. The van der Waals surface area contributed by atoms with E-state index in [-0.39, 0.29) is 0 Å². The fraction of sp³-hybridized carbons (Fsp3) is 0.533. The lowest BCUT2D eigenvalue weighted by atomic mass is 9.97. The zero-order valence-corrected chi connectivity index (χ0v) is 11.8. The summed E-state index contributed by atoms with van der Waals surface area (Å²) in [7, 11) is 0. The zero-order valence-electron chi connectivity index (χ0n) is 11.8. The first kappa shape index (κ1) is 14.0. The van der Waals surface area contributed by atoms with E-state index in [0.717, 1.165) is 18.5 Å². The third-order valence-electron chi connectivity index (χ3n) is 3.65. The summed E-state index contributed by atoms with van der Waals surface area (Å²) < 4.78 is 2.18. The predicted octanol–water partition coefficient (Wildman–Crippen LogP) is 2.69. The molecule has 0 saturated heterocycles. The number of nitrogens with zero attached hydrogens (tertiary/aromatic N) is 2. The lowest BCUT2D eigenvalue weighted by molar-refractivity contribution is 0.357. The Morgan fingerprint density at radius 2 is 2.16 bits per heavy atom. The molecule has 104 valence electrons. The van der Waals surface area contributed by atoms with Crippen molar-refractivity contribution in [1.82, 2.24) is 15.0 Å². The fourth-order valence-electron chi connectivity index (χ4n) is 2.68. The highest BCUT2D eigenvalue weighted by Crippen LogP contribution is 2.16. The molecule has 4 nitrogen and oxygen atoms in total. The number of hydrogen-bond acceptors (Lipinski definition) is 3. The van der Waals surface area contributed by atoms with Gasteiger partial charge in [0.2, 0.25) is 0 Å². The molecule has 1 heterocycles. The highest BCUT2D eigenvalue weighted by molar-refractivity contribution is 5.74. The van der Waals surface area contributed by atoms with Gasteiger partial charge in [-0.15, -0.1) is 0 Å². The smallest absolute Gasteiger partial charge is 0.0958 e. The molecule has 3 N–H and O–H groups in total. The molecule has 1 aromatic heterocycles. The monoisotopic (exact) mass is 260 g/mol. The van der Waals surface area contributed by atoms with Crippen LogP contribution < -0.4 is 11.3 Å². The summed E-state index contributed by atoms with van der Waals surface area (Å²) in [5.41, 5.74) is 5.16. The Balaban J connectivity index is 2.05. The van der Waals surface area contributed by atoms with Crippen LogP contribution in [0.15, 0.2) is 30.6 Å². The van der Waals surface area contributed by atoms with Crippen LogP contribution in [0.5, 0.6) is 0 Å². The van der Waals surface area contributed by atoms with Crippen LogP contribution in [0.1, 0.15) is 33.1 Å². The number of rotatable bonds is 7. The standard InChI is InChI=1S/C15H24N4/c1-3-6-12(2)9-13(18-16)10-19-11-17-14-7-4-5-8-15(14)19/h4-5,7-8,11-13,18H,3,6,9-10,16H2,1-2H3. The number of para-hydroxylation sites is 2. The first-order chi connectivity index (χ1) is 9.24. The van der Waals surface area contributed by atoms with Gasteiger partial charge in [0.1, 0.15) is 0 Å². The molecule has 0 spiro atoms. The second-order valence-electron chi connectivity index (χ2n) is 5.38. The van der Waals surface area contributed by atoms with Gasteiger partial charge in [0.15, 0.2) is 0 Å². The minimum Gasteiger partial charge on any atom is -0.329 e. The molecule has 1 aromatic carbocycles. The Kier molecular flexibility index (Phi) is 4.93. The summed E-state index contributed by atoms with van der Waals surface area (Å²) in [6, 6.07) is 8.49. The van der Waals surface area contributed by atoms with Crippen molar-refractivity contribution in [2.75, 3.05) is 0 Å². The highest BCUT2D eigenvalue weighted by Gasteiger charge is 2.13. The average molecular weight is 260 g/mol. The van der Waals surface area contributed by atoms with Gasteiger partial charge in [-0.2, -0.15) is 0 Å². The molecule has 0 aliphatic rings. The van der Waals surface area contributed by atoms with Crippen molar-refractivity contribution in [3.8, 4) is 0 Å². The van der Waals surface area contributed by atoms with Gasteiger partial charge in [-0.3, -0.25) is 11.3 Å². The minimum absolute atomic E-state index is 0.291.